The fourth-order valence-electron chi connectivity index (χ4n) is 4.31. The average Bonchev–Trinajstić information content (AvgIpc) is 2.66. The first-order chi connectivity index (χ1) is 12.1. The first-order valence-electron chi connectivity index (χ1n) is 10.4. The number of amides is 2. The Kier molecular flexibility index (Phi) is 10.6. The van der Waals surface area contributed by atoms with Crippen LogP contribution >= 0.6 is 12.4 Å². The number of piperidine rings is 1. The van der Waals surface area contributed by atoms with Crippen LogP contribution in [0.2, 0.25) is 0 Å². The molecule has 5 nitrogen and oxygen atoms in total. The maximum absolute atomic E-state index is 12.7. The topological polar surface area (TPSA) is 75.4 Å². The molecule has 0 unspecified atom stereocenters. The molecule has 0 aromatic heterocycles. The second-order valence-electron chi connectivity index (χ2n) is 8.09. The van der Waals surface area contributed by atoms with E-state index in [1.807, 2.05) is 4.90 Å². The summed E-state index contributed by atoms with van der Waals surface area (Å²) in [6.07, 6.45) is 11.4. The molecule has 0 spiro atoms. The number of nitrogens with zero attached hydrogens (tertiary/aromatic N) is 1. The van der Waals surface area contributed by atoms with Gasteiger partial charge >= 0.3 is 0 Å². The summed E-state index contributed by atoms with van der Waals surface area (Å²) in [7, 11) is 0. The maximum atomic E-state index is 12.7. The molecular formula is C20H38ClN3O2. The van der Waals surface area contributed by atoms with Crippen LogP contribution in [0.15, 0.2) is 0 Å². The van der Waals surface area contributed by atoms with E-state index in [2.05, 4.69) is 12.2 Å². The molecule has 2 rings (SSSR count). The number of halogens is 1. The van der Waals surface area contributed by atoms with E-state index >= 15 is 0 Å². The summed E-state index contributed by atoms with van der Waals surface area (Å²) in [6, 6.07) is 0. The van der Waals surface area contributed by atoms with Gasteiger partial charge in [0.1, 0.15) is 0 Å². The summed E-state index contributed by atoms with van der Waals surface area (Å²) >= 11 is 0. The summed E-state index contributed by atoms with van der Waals surface area (Å²) in [5.41, 5.74) is 6.05. The molecule has 3 N–H and O–H groups in total. The second-order valence-corrected chi connectivity index (χ2v) is 8.09. The number of nitrogens with two attached hydrogens (primary N) is 1. The monoisotopic (exact) mass is 387 g/mol. The zero-order valence-electron chi connectivity index (χ0n) is 16.4. The van der Waals surface area contributed by atoms with Crippen LogP contribution in [0, 0.1) is 11.3 Å². The smallest absolute Gasteiger partial charge is 0.223 e. The van der Waals surface area contributed by atoms with Crippen molar-refractivity contribution in [1.29, 1.82) is 0 Å². The number of hydrogen-bond acceptors (Lipinski definition) is 3. The molecule has 1 saturated heterocycles. The number of carbonyl (C=O) groups is 2. The Morgan fingerprint density at radius 2 is 1.77 bits per heavy atom. The summed E-state index contributed by atoms with van der Waals surface area (Å²) in [5, 5.41) is 3.05. The van der Waals surface area contributed by atoms with Crippen molar-refractivity contribution in [2.75, 3.05) is 26.2 Å². The fraction of sp³-hybridized carbons (Fsp3) is 0.900. The highest BCUT2D eigenvalue weighted by molar-refractivity contribution is 5.85. The van der Waals surface area contributed by atoms with Crippen molar-refractivity contribution in [3.05, 3.63) is 0 Å². The van der Waals surface area contributed by atoms with Gasteiger partial charge in [0.05, 0.1) is 0 Å². The van der Waals surface area contributed by atoms with E-state index in [-0.39, 0.29) is 35.6 Å². The standard InChI is InChI=1S/C20H37N3O2.ClH/c1-2-3-7-12-22-19(25)17-8-13-23(14-9-17)18(24)15-20(16-21)10-5-4-6-11-20;/h17H,2-16,21H2,1H3,(H,22,25);1H. The highest BCUT2D eigenvalue weighted by atomic mass is 35.5. The highest BCUT2D eigenvalue weighted by Crippen LogP contribution is 2.39. The third-order valence-corrected chi connectivity index (χ3v) is 6.17. The van der Waals surface area contributed by atoms with Gasteiger partial charge in [-0.25, -0.2) is 0 Å². The highest BCUT2D eigenvalue weighted by Gasteiger charge is 2.35. The Bertz CT molecular complexity index is 431. The van der Waals surface area contributed by atoms with E-state index in [0.717, 1.165) is 45.1 Å². The molecular weight excluding hydrogens is 350 g/mol. The van der Waals surface area contributed by atoms with Crippen molar-refractivity contribution in [2.24, 2.45) is 17.1 Å². The Balaban J connectivity index is 0.00000338. The van der Waals surface area contributed by atoms with Crippen molar-refractivity contribution in [1.82, 2.24) is 10.2 Å². The van der Waals surface area contributed by atoms with E-state index in [9.17, 15) is 9.59 Å². The van der Waals surface area contributed by atoms with Gasteiger partial charge in [-0.05, 0) is 44.1 Å². The lowest BCUT2D eigenvalue weighted by molar-refractivity contribution is -0.138. The molecule has 6 heteroatoms. The van der Waals surface area contributed by atoms with Gasteiger partial charge in [-0.1, -0.05) is 39.0 Å². The van der Waals surface area contributed by atoms with Crippen LogP contribution in [0.5, 0.6) is 0 Å². The first kappa shape index (κ1) is 23.2. The molecule has 1 saturated carbocycles. The molecule has 1 heterocycles. The van der Waals surface area contributed by atoms with E-state index < -0.39 is 0 Å². The van der Waals surface area contributed by atoms with Crippen LogP contribution in [-0.2, 0) is 9.59 Å². The van der Waals surface area contributed by atoms with Crippen molar-refractivity contribution < 1.29 is 9.59 Å². The van der Waals surface area contributed by atoms with Crippen molar-refractivity contribution >= 4 is 24.2 Å². The predicted molar refractivity (Wildman–Crippen MR) is 108 cm³/mol. The number of likely N-dealkylation sites (tertiary alicyclic amines) is 1. The molecule has 0 atom stereocenters. The Labute approximate surface area is 165 Å². The van der Waals surface area contributed by atoms with Crippen LogP contribution < -0.4 is 11.1 Å². The Morgan fingerprint density at radius 3 is 2.35 bits per heavy atom. The van der Waals surface area contributed by atoms with Gasteiger partial charge in [0, 0.05) is 32.0 Å². The number of carbonyl (C=O) groups excluding carboxylic acids is 2. The number of hydrogen-bond donors (Lipinski definition) is 2. The predicted octanol–water partition coefficient (Wildman–Crippen LogP) is 3.25. The molecule has 2 aliphatic rings. The van der Waals surface area contributed by atoms with Crippen LogP contribution in [0.3, 0.4) is 0 Å². The van der Waals surface area contributed by atoms with Crippen LogP contribution in [0.25, 0.3) is 0 Å². The Morgan fingerprint density at radius 1 is 1.12 bits per heavy atom. The van der Waals surface area contributed by atoms with Crippen LogP contribution in [-0.4, -0.2) is 42.9 Å². The van der Waals surface area contributed by atoms with Gasteiger partial charge in [0.25, 0.3) is 0 Å². The number of unbranched alkanes of at least 4 members (excludes halogenated alkanes) is 2. The zero-order chi connectivity index (χ0) is 18.1. The summed E-state index contributed by atoms with van der Waals surface area (Å²) in [5.74, 6) is 0.492. The van der Waals surface area contributed by atoms with Gasteiger partial charge in [0.15, 0.2) is 0 Å². The maximum Gasteiger partial charge on any atom is 0.223 e. The normalized spacial score (nSPS) is 20.3. The molecule has 152 valence electrons. The zero-order valence-corrected chi connectivity index (χ0v) is 17.2. The number of nitrogens with one attached hydrogen (secondary N) is 1. The molecule has 0 aromatic carbocycles. The second kappa shape index (κ2) is 11.8. The summed E-state index contributed by atoms with van der Waals surface area (Å²) in [6.45, 7) is 5.00. The van der Waals surface area contributed by atoms with Crippen LogP contribution in [0.4, 0.5) is 0 Å². The third-order valence-electron chi connectivity index (χ3n) is 6.17. The lowest BCUT2D eigenvalue weighted by Gasteiger charge is -2.38. The molecule has 26 heavy (non-hydrogen) atoms. The van der Waals surface area contributed by atoms with E-state index in [4.69, 9.17) is 5.73 Å². The molecule has 0 aromatic rings. The van der Waals surface area contributed by atoms with Gasteiger partial charge in [-0.2, -0.15) is 0 Å². The fourth-order valence-corrected chi connectivity index (χ4v) is 4.31. The molecule has 0 bridgehead atoms. The van der Waals surface area contributed by atoms with Gasteiger partial charge in [-0.3, -0.25) is 9.59 Å². The SMILES string of the molecule is CCCCCNC(=O)C1CCN(C(=O)CC2(CN)CCCCC2)CC1.Cl. The summed E-state index contributed by atoms with van der Waals surface area (Å²) < 4.78 is 0. The van der Waals surface area contributed by atoms with Gasteiger partial charge in [0.2, 0.25) is 11.8 Å². The minimum atomic E-state index is 0. The third kappa shape index (κ3) is 6.73. The van der Waals surface area contributed by atoms with Gasteiger partial charge < -0.3 is 16.0 Å². The first-order valence-corrected chi connectivity index (χ1v) is 10.4. The van der Waals surface area contributed by atoms with Crippen molar-refractivity contribution in [3.63, 3.8) is 0 Å². The quantitative estimate of drug-likeness (QED) is 0.627. The van der Waals surface area contributed by atoms with Crippen molar-refractivity contribution in [3.8, 4) is 0 Å². The molecule has 1 aliphatic carbocycles. The van der Waals surface area contributed by atoms with Gasteiger partial charge in [-0.15, -0.1) is 12.4 Å². The van der Waals surface area contributed by atoms with E-state index in [1.54, 1.807) is 0 Å². The van der Waals surface area contributed by atoms with E-state index in [1.165, 1.54) is 25.7 Å². The lowest BCUT2D eigenvalue weighted by atomic mass is 9.71. The Hall–Kier alpha value is -0.810. The molecule has 2 fully saturated rings. The minimum absolute atomic E-state index is 0. The van der Waals surface area contributed by atoms with E-state index in [0.29, 0.717) is 26.1 Å². The van der Waals surface area contributed by atoms with Crippen LogP contribution in [0.1, 0.15) is 77.6 Å². The summed E-state index contributed by atoms with van der Waals surface area (Å²) in [4.78, 5) is 26.9. The minimum Gasteiger partial charge on any atom is -0.356 e. The molecule has 0 radical (unpaired) electrons. The largest absolute Gasteiger partial charge is 0.356 e. The number of rotatable bonds is 8. The molecule has 2 amide bonds. The lowest BCUT2D eigenvalue weighted by Crippen LogP contribution is -2.45. The van der Waals surface area contributed by atoms with Crippen molar-refractivity contribution in [2.45, 2.75) is 77.6 Å². The molecule has 1 aliphatic heterocycles. The average molecular weight is 388 g/mol.